The van der Waals surface area contributed by atoms with Crippen LogP contribution in [-0.4, -0.2) is 9.97 Å². The minimum Gasteiger partial charge on any atom is -0.366 e. The lowest BCUT2D eigenvalue weighted by atomic mass is 10.1. The van der Waals surface area contributed by atoms with Crippen molar-refractivity contribution in [2.24, 2.45) is 0 Å². The first-order valence-electron chi connectivity index (χ1n) is 7.45. The molecule has 0 atom stereocenters. The summed E-state index contributed by atoms with van der Waals surface area (Å²) in [7, 11) is 0. The maximum Gasteiger partial charge on any atom is 0.229 e. The second-order valence-corrected chi connectivity index (χ2v) is 6.20. The zero-order chi connectivity index (χ0) is 16.9. The highest BCUT2D eigenvalue weighted by Crippen LogP contribution is 2.24. The third-order valence-corrected chi connectivity index (χ3v) is 3.93. The van der Waals surface area contributed by atoms with Crippen LogP contribution in [0.1, 0.15) is 11.1 Å². The minimum absolute atomic E-state index is 0.475. The van der Waals surface area contributed by atoms with Gasteiger partial charge in [0.1, 0.15) is 5.82 Å². The van der Waals surface area contributed by atoms with E-state index in [1.165, 1.54) is 11.1 Å². The predicted octanol–water partition coefficient (Wildman–Crippen LogP) is 5.45. The molecule has 0 amide bonds. The molecule has 3 rings (SSSR count). The topological polar surface area (TPSA) is 49.8 Å². The Bertz CT molecular complexity index is 832. The van der Waals surface area contributed by atoms with Crippen molar-refractivity contribution < 1.29 is 0 Å². The van der Waals surface area contributed by atoms with Gasteiger partial charge in [0.25, 0.3) is 0 Å². The van der Waals surface area contributed by atoms with Gasteiger partial charge in [-0.15, -0.1) is 0 Å². The second kappa shape index (κ2) is 7.51. The normalized spacial score (nSPS) is 10.5. The fraction of sp³-hybridized carbons (Fsp3) is 0.111. The van der Waals surface area contributed by atoms with Crippen molar-refractivity contribution in [3.63, 3.8) is 0 Å². The van der Waals surface area contributed by atoms with Gasteiger partial charge in [-0.05, 0) is 42.3 Å². The van der Waals surface area contributed by atoms with Crippen molar-refractivity contribution in [2.45, 2.75) is 13.5 Å². The Kier molecular flexibility index (Phi) is 5.18. The maximum atomic E-state index is 6.00. The smallest absolute Gasteiger partial charge is 0.229 e. The molecule has 122 valence electrons. The molecule has 0 fully saturated rings. The van der Waals surface area contributed by atoms with Crippen LogP contribution in [0.5, 0.6) is 0 Å². The fourth-order valence-corrected chi connectivity index (χ4v) is 2.79. The monoisotopic (exact) mass is 358 g/mol. The number of benzene rings is 2. The summed E-state index contributed by atoms with van der Waals surface area (Å²) >= 11 is 12.0. The molecule has 1 heterocycles. The molecule has 0 bridgehead atoms. The van der Waals surface area contributed by atoms with Crippen LogP contribution in [0.15, 0.2) is 54.7 Å². The number of rotatable bonds is 5. The molecule has 3 aromatic rings. The average Bonchev–Trinajstić information content (AvgIpc) is 2.53. The molecular weight excluding hydrogens is 343 g/mol. The van der Waals surface area contributed by atoms with Crippen molar-refractivity contribution in [1.82, 2.24) is 9.97 Å². The van der Waals surface area contributed by atoms with Gasteiger partial charge in [0.05, 0.1) is 0 Å². The third kappa shape index (κ3) is 4.37. The van der Waals surface area contributed by atoms with Crippen LogP contribution >= 0.6 is 23.2 Å². The highest BCUT2D eigenvalue weighted by molar-refractivity contribution is 6.35. The summed E-state index contributed by atoms with van der Waals surface area (Å²) in [6.07, 6.45) is 1.70. The molecule has 0 saturated heterocycles. The fourth-order valence-electron chi connectivity index (χ4n) is 2.27. The number of aromatic nitrogens is 2. The molecule has 6 heteroatoms. The van der Waals surface area contributed by atoms with E-state index in [1.807, 2.05) is 18.2 Å². The molecule has 0 radical (unpaired) electrons. The van der Waals surface area contributed by atoms with Gasteiger partial charge in [0, 0.05) is 28.5 Å². The van der Waals surface area contributed by atoms with E-state index >= 15 is 0 Å². The average molecular weight is 359 g/mol. The first-order valence-corrected chi connectivity index (χ1v) is 8.20. The minimum atomic E-state index is 0.475. The van der Waals surface area contributed by atoms with Crippen molar-refractivity contribution >= 4 is 40.7 Å². The van der Waals surface area contributed by atoms with Gasteiger partial charge in [0.15, 0.2) is 0 Å². The number of halogens is 2. The number of nitrogens with zero attached hydrogens (tertiary/aromatic N) is 2. The molecule has 0 unspecified atom stereocenters. The standard InChI is InChI=1S/C18H16Cl2N4/c1-12-4-2-3-5-13(12)11-22-17-6-7-21-18(24-17)23-16-9-14(19)8-15(20)10-16/h2-10H,11H2,1H3,(H2,21,22,23,24). The summed E-state index contributed by atoms with van der Waals surface area (Å²) in [4.78, 5) is 8.67. The molecule has 2 N–H and O–H groups in total. The van der Waals surface area contributed by atoms with E-state index in [0.29, 0.717) is 22.5 Å². The Morgan fingerprint density at radius 2 is 1.75 bits per heavy atom. The molecular formula is C18H16Cl2N4. The van der Waals surface area contributed by atoms with Crippen LogP contribution in [0.3, 0.4) is 0 Å². The van der Waals surface area contributed by atoms with Crippen molar-refractivity contribution in [3.8, 4) is 0 Å². The summed E-state index contributed by atoms with van der Waals surface area (Å²) in [5, 5.41) is 7.52. The SMILES string of the molecule is Cc1ccccc1CNc1ccnc(Nc2cc(Cl)cc(Cl)c2)n1. The van der Waals surface area contributed by atoms with Gasteiger partial charge in [-0.25, -0.2) is 4.98 Å². The van der Waals surface area contributed by atoms with Crippen LogP contribution in [-0.2, 0) is 6.54 Å². The Balaban J connectivity index is 1.71. The summed E-state index contributed by atoms with van der Waals surface area (Å²) in [6, 6.07) is 15.3. The molecule has 0 aliphatic carbocycles. The first-order chi connectivity index (χ1) is 11.6. The summed E-state index contributed by atoms with van der Waals surface area (Å²) in [5.74, 6) is 1.21. The van der Waals surface area contributed by atoms with Crippen molar-refractivity contribution in [1.29, 1.82) is 0 Å². The van der Waals surface area contributed by atoms with Gasteiger partial charge < -0.3 is 10.6 Å². The highest BCUT2D eigenvalue weighted by Gasteiger charge is 2.03. The Labute approximate surface area is 150 Å². The van der Waals surface area contributed by atoms with E-state index in [4.69, 9.17) is 23.2 Å². The number of hydrogen-bond donors (Lipinski definition) is 2. The van der Waals surface area contributed by atoms with Gasteiger partial charge in [0.2, 0.25) is 5.95 Å². The molecule has 0 saturated carbocycles. The summed E-state index contributed by atoms with van der Waals surface area (Å²) < 4.78 is 0. The van der Waals surface area contributed by atoms with Crippen LogP contribution in [0.4, 0.5) is 17.5 Å². The molecule has 1 aromatic heterocycles. The first kappa shape index (κ1) is 16.6. The number of anilines is 3. The summed E-state index contributed by atoms with van der Waals surface area (Å²) in [6.45, 7) is 2.79. The molecule has 24 heavy (non-hydrogen) atoms. The molecule has 2 aromatic carbocycles. The van der Waals surface area contributed by atoms with Gasteiger partial charge in [-0.1, -0.05) is 47.5 Å². The van der Waals surface area contributed by atoms with Crippen molar-refractivity contribution in [2.75, 3.05) is 10.6 Å². The lowest BCUT2D eigenvalue weighted by molar-refractivity contribution is 1.07. The molecule has 0 spiro atoms. The Morgan fingerprint density at radius 1 is 1.00 bits per heavy atom. The lowest BCUT2D eigenvalue weighted by Crippen LogP contribution is -2.05. The lowest BCUT2D eigenvalue weighted by Gasteiger charge is -2.10. The van der Waals surface area contributed by atoms with Crippen molar-refractivity contribution in [3.05, 3.63) is 75.9 Å². The van der Waals surface area contributed by atoms with E-state index in [1.54, 1.807) is 24.4 Å². The largest absolute Gasteiger partial charge is 0.366 e. The van der Waals surface area contributed by atoms with E-state index in [9.17, 15) is 0 Å². The van der Waals surface area contributed by atoms with Gasteiger partial charge >= 0.3 is 0 Å². The van der Waals surface area contributed by atoms with Crippen LogP contribution in [0.2, 0.25) is 10.0 Å². The summed E-state index contributed by atoms with van der Waals surface area (Å²) in [5.41, 5.74) is 3.21. The van der Waals surface area contributed by atoms with E-state index < -0.39 is 0 Å². The number of nitrogens with one attached hydrogen (secondary N) is 2. The van der Waals surface area contributed by atoms with Crippen LogP contribution < -0.4 is 10.6 Å². The highest BCUT2D eigenvalue weighted by atomic mass is 35.5. The Morgan fingerprint density at radius 3 is 2.50 bits per heavy atom. The van der Waals surface area contributed by atoms with E-state index in [0.717, 1.165) is 11.5 Å². The Hall–Kier alpha value is -2.30. The number of hydrogen-bond acceptors (Lipinski definition) is 4. The zero-order valence-electron chi connectivity index (χ0n) is 13.1. The zero-order valence-corrected chi connectivity index (χ0v) is 14.6. The van der Waals surface area contributed by atoms with Crippen LogP contribution in [0, 0.1) is 6.92 Å². The quantitative estimate of drug-likeness (QED) is 0.636. The van der Waals surface area contributed by atoms with Gasteiger partial charge in [-0.2, -0.15) is 4.98 Å². The third-order valence-electron chi connectivity index (χ3n) is 3.50. The molecule has 0 aliphatic heterocycles. The number of aryl methyl sites for hydroxylation is 1. The molecule has 0 aliphatic rings. The van der Waals surface area contributed by atoms with E-state index in [-0.39, 0.29) is 0 Å². The van der Waals surface area contributed by atoms with Gasteiger partial charge in [-0.3, -0.25) is 0 Å². The maximum absolute atomic E-state index is 6.00. The second-order valence-electron chi connectivity index (χ2n) is 5.33. The predicted molar refractivity (Wildman–Crippen MR) is 100 cm³/mol. The van der Waals surface area contributed by atoms with E-state index in [2.05, 4.69) is 39.7 Å². The molecule has 4 nitrogen and oxygen atoms in total. The van der Waals surface area contributed by atoms with Crippen LogP contribution in [0.25, 0.3) is 0 Å².